The molecule has 0 unspecified atom stereocenters. The van der Waals surface area contributed by atoms with Gasteiger partial charge in [-0.15, -0.1) is 0 Å². The van der Waals surface area contributed by atoms with Crippen LogP contribution in [-0.2, 0) is 14.2 Å². The Bertz CT molecular complexity index is 511. The molecule has 0 radical (unpaired) electrons. The second kappa shape index (κ2) is 14.6. The molecule has 0 aliphatic rings. The van der Waals surface area contributed by atoms with E-state index in [1.54, 1.807) is 0 Å². The fourth-order valence-corrected chi connectivity index (χ4v) is 1.94. The Kier molecular flexibility index (Phi) is 12.6. The van der Waals surface area contributed by atoms with E-state index in [0.29, 0.717) is 51.5 Å². The zero-order chi connectivity index (χ0) is 19.0. The molecule has 0 aliphatic heterocycles. The minimum Gasteiger partial charge on any atom is -0.491 e. The molecule has 26 heavy (non-hydrogen) atoms. The predicted octanol–water partition coefficient (Wildman–Crippen LogP) is 4.17. The van der Waals surface area contributed by atoms with Gasteiger partial charge in [0.2, 0.25) is 0 Å². The highest BCUT2D eigenvalue weighted by Crippen LogP contribution is 2.11. The highest BCUT2D eigenvalue weighted by Gasteiger charge is 1.96. The van der Waals surface area contributed by atoms with Crippen LogP contribution in [0, 0.1) is 23.7 Å². The van der Waals surface area contributed by atoms with Gasteiger partial charge < -0.3 is 18.9 Å². The molecule has 0 amide bonds. The Morgan fingerprint density at radius 1 is 0.731 bits per heavy atom. The summed E-state index contributed by atoms with van der Waals surface area (Å²) in [5, 5.41) is 0. The smallest absolute Gasteiger partial charge is 0.119 e. The van der Waals surface area contributed by atoms with E-state index < -0.39 is 0 Å². The van der Waals surface area contributed by atoms with Crippen molar-refractivity contribution in [1.82, 2.24) is 0 Å². The predicted molar refractivity (Wildman–Crippen MR) is 106 cm³/mol. The van der Waals surface area contributed by atoms with Crippen LogP contribution < -0.4 is 4.74 Å². The van der Waals surface area contributed by atoms with Crippen molar-refractivity contribution in [2.75, 3.05) is 46.2 Å². The van der Waals surface area contributed by atoms with Crippen molar-refractivity contribution in [3.05, 3.63) is 29.8 Å². The Balaban J connectivity index is 1.95. The third-order valence-electron chi connectivity index (χ3n) is 3.44. The van der Waals surface area contributed by atoms with Crippen molar-refractivity contribution in [1.29, 1.82) is 0 Å². The maximum Gasteiger partial charge on any atom is 0.119 e. The minimum atomic E-state index is 0.379. The van der Waals surface area contributed by atoms with E-state index in [1.165, 1.54) is 0 Å². The van der Waals surface area contributed by atoms with Gasteiger partial charge in [0.05, 0.1) is 33.0 Å². The standard InChI is InChI=1S/C22H34O4/c1-19(2)5-6-21-7-9-22(10-8-21)26-18-17-25-16-15-24-14-13-23-12-11-20(3)4/h7-10,19-20H,11-18H2,1-4H3. The van der Waals surface area contributed by atoms with E-state index in [0.717, 1.165) is 24.3 Å². The van der Waals surface area contributed by atoms with E-state index in [9.17, 15) is 0 Å². The number of ether oxygens (including phenoxy) is 4. The van der Waals surface area contributed by atoms with E-state index in [-0.39, 0.29) is 0 Å². The number of benzene rings is 1. The summed E-state index contributed by atoms with van der Waals surface area (Å²) in [7, 11) is 0. The van der Waals surface area contributed by atoms with E-state index in [4.69, 9.17) is 18.9 Å². The van der Waals surface area contributed by atoms with Crippen LogP contribution in [0.4, 0.5) is 0 Å². The third-order valence-corrected chi connectivity index (χ3v) is 3.44. The molecule has 146 valence electrons. The van der Waals surface area contributed by atoms with Crippen LogP contribution in [0.5, 0.6) is 5.75 Å². The van der Waals surface area contributed by atoms with Crippen LogP contribution in [0.3, 0.4) is 0 Å². The summed E-state index contributed by atoms with van der Waals surface area (Å²) in [6.07, 6.45) is 1.09. The van der Waals surface area contributed by atoms with Crippen LogP contribution >= 0.6 is 0 Å². The molecule has 0 aliphatic carbocycles. The first kappa shape index (κ1) is 22.5. The van der Waals surface area contributed by atoms with Gasteiger partial charge in [-0.3, -0.25) is 0 Å². The van der Waals surface area contributed by atoms with Crippen molar-refractivity contribution < 1.29 is 18.9 Å². The average Bonchev–Trinajstić information content (AvgIpc) is 2.61. The summed E-state index contributed by atoms with van der Waals surface area (Å²) in [4.78, 5) is 0. The van der Waals surface area contributed by atoms with Crippen LogP contribution in [-0.4, -0.2) is 46.2 Å². The topological polar surface area (TPSA) is 36.9 Å². The third kappa shape index (κ3) is 12.8. The maximum atomic E-state index is 5.64. The lowest BCUT2D eigenvalue weighted by atomic mass is 10.1. The van der Waals surface area contributed by atoms with Gasteiger partial charge in [-0.25, -0.2) is 0 Å². The summed E-state index contributed by atoms with van der Waals surface area (Å²) < 4.78 is 22.1. The van der Waals surface area contributed by atoms with Gasteiger partial charge in [0.15, 0.2) is 0 Å². The summed E-state index contributed by atoms with van der Waals surface area (Å²) in [6, 6.07) is 7.82. The highest BCUT2D eigenvalue weighted by molar-refractivity contribution is 5.38. The first-order valence-electron chi connectivity index (χ1n) is 9.55. The highest BCUT2D eigenvalue weighted by atomic mass is 16.6. The van der Waals surface area contributed by atoms with E-state index >= 15 is 0 Å². The van der Waals surface area contributed by atoms with Gasteiger partial charge in [-0.05, 0) is 36.6 Å². The first-order valence-corrected chi connectivity index (χ1v) is 9.55. The summed E-state index contributed by atoms with van der Waals surface area (Å²) in [5.41, 5.74) is 1.01. The number of hydrogen-bond donors (Lipinski definition) is 0. The van der Waals surface area contributed by atoms with Gasteiger partial charge in [-0.1, -0.05) is 39.5 Å². The molecule has 1 rings (SSSR count). The molecule has 0 fully saturated rings. The maximum absolute atomic E-state index is 5.64. The molecule has 0 saturated heterocycles. The lowest BCUT2D eigenvalue weighted by molar-refractivity contribution is 0.00789. The van der Waals surface area contributed by atoms with Crippen molar-refractivity contribution in [2.45, 2.75) is 34.1 Å². The Morgan fingerprint density at radius 2 is 1.27 bits per heavy atom. The molecule has 0 spiro atoms. The zero-order valence-corrected chi connectivity index (χ0v) is 16.8. The second-order valence-corrected chi connectivity index (χ2v) is 6.82. The van der Waals surface area contributed by atoms with E-state index in [1.807, 2.05) is 24.3 Å². The van der Waals surface area contributed by atoms with Gasteiger partial charge in [-0.2, -0.15) is 0 Å². The monoisotopic (exact) mass is 362 g/mol. The molecule has 1 aromatic carbocycles. The van der Waals surface area contributed by atoms with Crippen LogP contribution in [0.15, 0.2) is 24.3 Å². The molecule has 4 nitrogen and oxygen atoms in total. The molecule has 0 heterocycles. The number of rotatable bonds is 13. The molecule has 0 bridgehead atoms. The van der Waals surface area contributed by atoms with Gasteiger partial charge in [0.25, 0.3) is 0 Å². The molecule has 0 saturated carbocycles. The van der Waals surface area contributed by atoms with Crippen molar-refractivity contribution in [3.8, 4) is 17.6 Å². The van der Waals surface area contributed by atoms with Crippen LogP contribution in [0.2, 0.25) is 0 Å². The van der Waals surface area contributed by atoms with Crippen molar-refractivity contribution in [3.63, 3.8) is 0 Å². The molecule has 1 aromatic rings. The fraction of sp³-hybridized carbons (Fsp3) is 0.636. The first-order chi connectivity index (χ1) is 12.6. The van der Waals surface area contributed by atoms with Crippen molar-refractivity contribution in [2.24, 2.45) is 11.8 Å². The Labute approximate surface area is 159 Å². The molecule has 0 aromatic heterocycles. The Morgan fingerprint density at radius 3 is 1.81 bits per heavy atom. The summed E-state index contributed by atoms with van der Waals surface area (Å²) in [6.45, 7) is 12.8. The molecule has 4 heteroatoms. The average molecular weight is 363 g/mol. The fourth-order valence-electron chi connectivity index (χ4n) is 1.94. The quantitative estimate of drug-likeness (QED) is 0.390. The molecular formula is C22H34O4. The molecule has 0 atom stereocenters. The largest absolute Gasteiger partial charge is 0.491 e. The molecular weight excluding hydrogens is 328 g/mol. The Hall–Kier alpha value is -1.54. The SMILES string of the molecule is CC(C)C#Cc1ccc(OCCOCCOCCOCCC(C)C)cc1. The lowest BCUT2D eigenvalue weighted by Crippen LogP contribution is -2.13. The lowest BCUT2D eigenvalue weighted by Gasteiger charge is -2.09. The normalized spacial score (nSPS) is 10.8. The van der Waals surface area contributed by atoms with Crippen molar-refractivity contribution >= 4 is 0 Å². The number of hydrogen-bond acceptors (Lipinski definition) is 4. The molecule has 0 N–H and O–H groups in total. The van der Waals surface area contributed by atoms with Crippen LogP contribution in [0.1, 0.15) is 39.7 Å². The summed E-state index contributed by atoms with van der Waals surface area (Å²) >= 11 is 0. The zero-order valence-electron chi connectivity index (χ0n) is 16.8. The van der Waals surface area contributed by atoms with Gasteiger partial charge >= 0.3 is 0 Å². The minimum absolute atomic E-state index is 0.379. The van der Waals surface area contributed by atoms with Gasteiger partial charge in [0.1, 0.15) is 12.4 Å². The van der Waals surface area contributed by atoms with E-state index in [2.05, 4.69) is 39.5 Å². The van der Waals surface area contributed by atoms with Crippen LogP contribution in [0.25, 0.3) is 0 Å². The van der Waals surface area contributed by atoms with Gasteiger partial charge in [0, 0.05) is 18.1 Å². The second-order valence-electron chi connectivity index (χ2n) is 6.82. The summed E-state index contributed by atoms with van der Waals surface area (Å²) in [5.74, 6) is 8.18.